The van der Waals surface area contributed by atoms with Crippen molar-refractivity contribution < 1.29 is 86.1 Å². The summed E-state index contributed by atoms with van der Waals surface area (Å²) in [4.78, 5) is 116. The van der Waals surface area contributed by atoms with Crippen LogP contribution in [0.3, 0.4) is 0 Å². The van der Waals surface area contributed by atoms with Gasteiger partial charge < -0.3 is 86.4 Å². The second-order valence-corrected chi connectivity index (χ2v) is 34.4. The van der Waals surface area contributed by atoms with Crippen LogP contribution < -0.4 is 19.5 Å². The van der Waals surface area contributed by atoms with Crippen LogP contribution in [0, 0.1) is 0 Å². The zero-order valence-corrected chi connectivity index (χ0v) is 71.9. The summed E-state index contributed by atoms with van der Waals surface area (Å²) < 4.78 is 58.0. The molecule has 0 aliphatic carbocycles. The van der Waals surface area contributed by atoms with Gasteiger partial charge in [-0.3, -0.25) is 33.9 Å². The van der Waals surface area contributed by atoms with Gasteiger partial charge in [0.25, 0.3) is 0 Å². The van der Waals surface area contributed by atoms with Gasteiger partial charge in [0.15, 0.2) is 0 Å². The SMILES string of the molecule is CCOC(=O)C1NCCc2c1c1cc(OCCN3CCOCC3)ccc1n2Cc1ccc(C(=O)OC(C)(C)C)cc1.CN1CC(=O)N2CCc3c(c4cc(OCCN5CCOCC5)ccc4n3Cc3ccc(C(=O)O)cc3)C2C1=O.CN1CC(=O)N2CCc3c(c4cc(OCCN5CCOCC5)ccc4n3Cc3ccc(C(=O)OC(C)(C)C)cc3)C2C1=O. The first-order valence-electron chi connectivity index (χ1n) is 42.9. The van der Waals surface area contributed by atoms with Gasteiger partial charge in [0.05, 0.1) is 76.0 Å². The van der Waals surface area contributed by atoms with Gasteiger partial charge in [-0.25, -0.2) is 19.2 Å². The predicted molar refractivity (Wildman–Crippen MR) is 461 cm³/mol. The van der Waals surface area contributed by atoms with Crippen LogP contribution in [0.1, 0.15) is 148 Å². The number of piperazine rings is 2. The molecule has 3 unspecified atom stereocenters. The van der Waals surface area contributed by atoms with Crippen molar-refractivity contribution >= 4 is 80.2 Å². The third-order valence-corrected chi connectivity index (χ3v) is 23.8. The minimum atomic E-state index is -0.962. The number of likely N-dealkylation sites (N-methyl/N-ethyl adjacent to an activating group) is 2. The number of carbonyl (C=O) groups is 8. The quantitative estimate of drug-likeness (QED) is 0.0445. The van der Waals surface area contributed by atoms with Crippen LogP contribution in [0.25, 0.3) is 32.7 Å². The van der Waals surface area contributed by atoms with Crippen LogP contribution in [0.2, 0.25) is 0 Å². The topological polar surface area (TPSA) is 289 Å². The Labute approximate surface area is 716 Å². The number of nitrogens with one attached hydrogen (secondary N) is 1. The molecule has 5 saturated heterocycles. The fourth-order valence-corrected chi connectivity index (χ4v) is 17.7. The van der Waals surface area contributed by atoms with E-state index in [9.17, 15) is 43.5 Å². The van der Waals surface area contributed by atoms with Crippen LogP contribution in [0.4, 0.5) is 0 Å². The van der Waals surface area contributed by atoms with Crippen LogP contribution >= 0.6 is 0 Å². The van der Waals surface area contributed by atoms with Crippen molar-refractivity contribution in [3.05, 3.63) is 195 Å². The molecule has 29 heteroatoms. The molecule has 9 aromatic rings. The fourth-order valence-electron chi connectivity index (χ4n) is 17.7. The summed E-state index contributed by atoms with van der Waals surface area (Å²) in [7, 11) is 3.37. The number of hydrogen-bond donors (Lipinski definition) is 2. The van der Waals surface area contributed by atoms with Gasteiger partial charge in [0, 0.05) is 198 Å². The normalized spacial score (nSPS) is 19.0. The number of fused-ring (bicyclic) bond motifs is 13. The highest BCUT2D eigenvalue weighted by atomic mass is 16.6. The summed E-state index contributed by atoms with van der Waals surface area (Å²) in [6.07, 6.45) is 2.05. The number of benzene rings is 6. The number of carbonyl (C=O) groups excluding carboxylic acids is 7. The Morgan fingerprint density at radius 1 is 0.447 bits per heavy atom. The average Bonchev–Trinajstić information content (AvgIpc) is 1.57. The third kappa shape index (κ3) is 19.9. The molecule has 0 radical (unpaired) electrons. The molecular formula is C94H113N11O18. The predicted octanol–water partition coefficient (Wildman–Crippen LogP) is 9.36. The summed E-state index contributed by atoms with van der Waals surface area (Å²) in [5, 5.41) is 15.5. The first-order valence-corrected chi connectivity index (χ1v) is 42.9. The number of ether oxygens (including phenoxy) is 9. The van der Waals surface area contributed by atoms with Crippen molar-refractivity contribution in [3.8, 4) is 17.2 Å². The van der Waals surface area contributed by atoms with E-state index in [1.807, 2.05) is 133 Å². The molecule has 652 valence electrons. The lowest BCUT2D eigenvalue weighted by Gasteiger charge is -2.42. The molecule has 0 bridgehead atoms. The largest absolute Gasteiger partial charge is 0.492 e. The molecule has 3 aromatic heterocycles. The lowest BCUT2D eigenvalue weighted by Crippen LogP contribution is -2.56. The maximum Gasteiger partial charge on any atom is 0.338 e. The Bertz CT molecular complexity index is 5370. The van der Waals surface area contributed by atoms with Crippen LogP contribution in [0.15, 0.2) is 127 Å². The van der Waals surface area contributed by atoms with Gasteiger partial charge >= 0.3 is 23.9 Å². The standard InChI is InChI=1S/C33H40N4O6.C32H41N3O6.C29H32N4O6/c1-33(2,3)43-32(40)23-7-5-22(6-8-23)20-37-26-10-9-24(42-18-15-35-13-16-41-17-14-35)19-25(26)29-27(37)11-12-36-28(38)21-34(4)31(39)30(29)36;1-5-39-31(37)29-28-25-20-24(40-19-16-34-14-17-38-18-15-34)10-11-26(25)35(27(28)12-13-33-29)21-22-6-8-23(9-7-22)30(36)41-32(2,3)4;1-30-18-25(34)32-9-8-24-26(27(32)28(30)35)22-16-21(39-15-12-31-10-13-38-14-11-31)6-7-23(22)33(24)17-19-2-4-20(5-3-19)29(36)37/h5-10,19,30H,11-18,20-21H2,1-4H3;6-11,20,29,33H,5,12-19,21H2,1-4H3;2-7,16,27H,8-15,17-18H2,1H3,(H,36,37). The van der Waals surface area contributed by atoms with Crippen molar-refractivity contribution in [2.24, 2.45) is 0 Å². The molecule has 11 heterocycles. The Balaban J connectivity index is 0.000000143. The van der Waals surface area contributed by atoms with E-state index in [0.29, 0.717) is 89.7 Å². The molecule has 2 N–H and O–H groups in total. The molecule has 4 amide bonds. The van der Waals surface area contributed by atoms with Crippen molar-refractivity contribution in [1.29, 1.82) is 0 Å². The molecule has 123 heavy (non-hydrogen) atoms. The lowest BCUT2D eigenvalue weighted by atomic mass is 9.92. The number of hydrogen-bond acceptors (Lipinski definition) is 21. The lowest BCUT2D eigenvalue weighted by molar-refractivity contribution is -0.155. The summed E-state index contributed by atoms with van der Waals surface area (Å²) in [6.45, 7) is 30.9. The molecule has 0 saturated carbocycles. The minimum absolute atomic E-state index is 0.0331. The second-order valence-electron chi connectivity index (χ2n) is 34.4. The molecule has 8 aliphatic rings. The van der Waals surface area contributed by atoms with E-state index in [1.165, 1.54) is 9.80 Å². The van der Waals surface area contributed by atoms with Crippen LogP contribution in [-0.4, -0.2) is 284 Å². The minimum Gasteiger partial charge on any atom is -0.492 e. The van der Waals surface area contributed by atoms with Crippen molar-refractivity contribution in [1.82, 2.24) is 53.3 Å². The monoisotopic (exact) mass is 1680 g/mol. The zero-order chi connectivity index (χ0) is 86.4. The number of carboxylic acid groups (broad SMARTS) is 1. The number of morpholine rings is 3. The highest BCUT2D eigenvalue weighted by Crippen LogP contribution is 2.45. The number of amides is 4. The van der Waals surface area contributed by atoms with E-state index >= 15 is 0 Å². The molecule has 17 rings (SSSR count). The third-order valence-electron chi connectivity index (χ3n) is 23.8. The summed E-state index contributed by atoms with van der Waals surface area (Å²) in [5.74, 6) is 0.0869. The van der Waals surface area contributed by atoms with Crippen molar-refractivity contribution in [2.45, 2.75) is 117 Å². The fraction of sp³-hybridized carbons (Fsp3) is 0.468. The maximum atomic E-state index is 13.5. The first-order chi connectivity index (χ1) is 59.2. The molecular weight excluding hydrogens is 1570 g/mol. The molecule has 8 aliphatic heterocycles. The van der Waals surface area contributed by atoms with E-state index in [4.69, 9.17) is 42.6 Å². The number of esters is 3. The number of aromatic nitrogens is 3. The average molecular weight is 1680 g/mol. The second kappa shape index (κ2) is 37.9. The molecule has 3 atom stereocenters. The van der Waals surface area contributed by atoms with Gasteiger partial charge in [-0.2, -0.15) is 0 Å². The van der Waals surface area contributed by atoms with E-state index < -0.39 is 35.3 Å². The van der Waals surface area contributed by atoms with Gasteiger partial charge in [0.1, 0.15) is 66.4 Å². The number of aromatic carboxylic acids is 1. The molecule has 5 fully saturated rings. The maximum absolute atomic E-state index is 13.5. The van der Waals surface area contributed by atoms with E-state index in [0.717, 1.165) is 205 Å². The van der Waals surface area contributed by atoms with Crippen molar-refractivity contribution in [3.63, 3.8) is 0 Å². The highest BCUT2D eigenvalue weighted by Gasteiger charge is 2.47. The summed E-state index contributed by atoms with van der Waals surface area (Å²) >= 11 is 0. The van der Waals surface area contributed by atoms with Crippen LogP contribution in [0.5, 0.6) is 17.2 Å². The Kier molecular flexibility index (Phi) is 26.7. The van der Waals surface area contributed by atoms with E-state index in [1.54, 1.807) is 48.2 Å². The zero-order valence-electron chi connectivity index (χ0n) is 71.9. The Hall–Kier alpha value is -11.2. The van der Waals surface area contributed by atoms with Crippen LogP contribution in [-0.2, 0) is 91.3 Å². The smallest absolute Gasteiger partial charge is 0.338 e. The molecule has 29 nitrogen and oxygen atoms in total. The summed E-state index contributed by atoms with van der Waals surface area (Å²) in [6, 6.07) is 38.2. The van der Waals surface area contributed by atoms with Gasteiger partial charge in [-0.1, -0.05) is 36.4 Å². The first kappa shape index (κ1) is 86.7. The van der Waals surface area contributed by atoms with Crippen molar-refractivity contribution in [2.75, 3.05) is 172 Å². The highest BCUT2D eigenvalue weighted by molar-refractivity contribution is 6.02. The number of nitrogens with zero attached hydrogens (tertiary/aromatic N) is 10. The Morgan fingerprint density at radius 3 is 1.13 bits per heavy atom. The van der Waals surface area contributed by atoms with Gasteiger partial charge in [-0.15, -0.1) is 0 Å². The molecule has 6 aromatic carbocycles. The Morgan fingerprint density at radius 2 is 0.789 bits per heavy atom. The summed E-state index contributed by atoms with van der Waals surface area (Å²) in [5.41, 5.74) is 12.0. The van der Waals surface area contributed by atoms with Gasteiger partial charge in [-0.05, 0) is 156 Å². The number of rotatable bonds is 23. The van der Waals surface area contributed by atoms with E-state index in [2.05, 4.69) is 51.9 Å². The van der Waals surface area contributed by atoms with E-state index in [-0.39, 0.29) is 60.2 Å². The van der Waals surface area contributed by atoms with Gasteiger partial charge in [0.2, 0.25) is 23.6 Å². The molecule has 0 spiro atoms. The number of carboxylic acids is 1.